The highest BCUT2D eigenvalue weighted by atomic mass is 15.3. The molecule has 146 valence electrons. The number of allylic oxidation sites excluding steroid dienone is 2. The minimum absolute atomic E-state index is 0.00361. The summed E-state index contributed by atoms with van der Waals surface area (Å²) in [4.78, 5) is 5.14. The minimum Gasteiger partial charge on any atom is -0.361 e. The molecule has 2 heteroatoms. The van der Waals surface area contributed by atoms with Crippen molar-refractivity contribution in [2.45, 2.75) is 52.6 Å². The number of rotatable bonds is 3. The van der Waals surface area contributed by atoms with Crippen LogP contribution in [0.2, 0.25) is 0 Å². The molecule has 28 heavy (non-hydrogen) atoms. The molecule has 0 saturated heterocycles. The van der Waals surface area contributed by atoms with Crippen LogP contribution in [0.5, 0.6) is 0 Å². The average molecular weight is 373 g/mol. The van der Waals surface area contributed by atoms with Crippen LogP contribution in [0, 0.1) is 0 Å². The van der Waals surface area contributed by atoms with E-state index in [0.29, 0.717) is 0 Å². The summed E-state index contributed by atoms with van der Waals surface area (Å²) in [7, 11) is 0. The van der Waals surface area contributed by atoms with Gasteiger partial charge in [-0.15, -0.1) is 0 Å². The Hall–Kier alpha value is -2.48. The van der Waals surface area contributed by atoms with Crippen LogP contribution in [0.25, 0.3) is 11.1 Å². The lowest BCUT2D eigenvalue weighted by atomic mass is 9.87. The lowest BCUT2D eigenvalue weighted by molar-refractivity contribution is 0.510. The Balaban J connectivity index is 1.67. The molecule has 0 bridgehead atoms. The van der Waals surface area contributed by atoms with Gasteiger partial charge in [-0.05, 0) is 64.8 Å². The van der Waals surface area contributed by atoms with E-state index in [1.807, 2.05) is 0 Å². The molecular formula is C26H32N2. The van der Waals surface area contributed by atoms with Crippen LogP contribution in [-0.4, -0.2) is 24.2 Å². The van der Waals surface area contributed by atoms with E-state index in [0.717, 1.165) is 13.1 Å². The van der Waals surface area contributed by atoms with Crippen molar-refractivity contribution in [3.8, 4) is 0 Å². The van der Waals surface area contributed by atoms with Gasteiger partial charge in [0.05, 0.1) is 11.1 Å². The second kappa shape index (κ2) is 6.55. The van der Waals surface area contributed by atoms with Gasteiger partial charge in [0.1, 0.15) is 0 Å². The SMILES string of the molecule is CC1=CC(C)(C)N(CCN2c3ccccc3C(C)=CC2(C)C)c2ccccc21. The summed E-state index contributed by atoms with van der Waals surface area (Å²) >= 11 is 0. The number of hydrogen-bond donors (Lipinski definition) is 0. The zero-order chi connectivity index (χ0) is 20.1. The molecular weight excluding hydrogens is 340 g/mol. The monoisotopic (exact) mass is 372 g/mol. The lowest BCUT2D eigenvalue weighted by Gasteiger charge is -2.47. The van der Waals surface area contributed by atoms with Crippen molar-refractivity contribution >= 4 is 22.5 Å². The van der Waals surface area contributed by atoms with E-state index in [-0.39, 0.29) is 11.1 Å². The van der Waals surface area contributed by atoms with Crippen molar-refractivity contribution in [2.75, 3.05) is 22.9 Å². The number of para-hydroxylation sites is 2. The van der Waals surface area contributed by atoms with Crippen molar-refractivity contribution in [1.29, 1.82) is 0 Å². The van der Waals surface area contributed by atoms with Gasteiger partial charge >= 0.3 is 0 Å². The molecule has 0 fully saturated rings. The zero-order valence-corrected chi connectivity index (χ0v) is 18.1. The van der Waals surface area contributed by atoms with Crippen molar-refractivity contribution in [3.63, 3.8) is 0 Å². The third-order valence-corrected chi connectivity index (χ3v) is 6.32. The van der Waals surface area contributed by atoms with E-state index < -0.39 is 0 Å². The van der Waals surface area contributed by atoms with Crippen LogP contribution < -0.4 is 9.80 Å². The minimum atomic E-state index is 0.00361. The highest BCUT2D eigenvalue weighted by Crippen LogP contribution is 2.41. The van der Waals surface area contributed by atoms with Crippen LogP contribution in [0.3, 0.4) is 0 Å². The van der Waals surface area contributed by atoms with Gasteiger partial charge in [0.2, 0.25) is 0 Å². The van der Waals surface area contributed by atoms with Gasteiger partial charge in [0, 0.05) is 35.6 Å². The largest absolute Gasteiger partial charge is 0.361 e. The number of anilines is 2. The maximum atomic E-state index is 2.57. The molecule has 0 atom stereocenters. The summed E-state index contributed by atoms with van der Waals surface area (Å²) in [5.41, 5.74) is 8.17. The Kier molecular flexibility index (Phi) is 4.41. The standard InChI is InChI=1S/C26H32N2/c1-19-17-25(3,4)27(23-13-9-7-11-21(19)23)15-16-28-24-14-10-8-12-22(24)20(2)18-26(28,5)6/h7-14,17-18H,15-16H2,1-6H3. The molecule has 0 N–H and O–H groups in total. The highest BCUT2D eigenvalue weighted by molar-refractivity contribution is 5.82. The number of hydrogen-bond acceptors (Lipinski definition) is 2. The van der Waals surface area contributed by atoms with Gasteiger partial charge in [0.15, 0.2) is 0 Å². The first-order valence-electron chi connectivity index (χ1n) is 10.3. The normalized spacial score (nSPS) is 19.5. The smallest absolute Gasteiger partial charge is 0.0535 e. The van der Waals surface area contributed by atoms with Crippen molar-refractivity contribution in [1.82, 2.24) is 0 Å². The Labute approximate surface area is 170 Å². The van der Waals surface area contributed by atoms with E-state index in [9.17, 15) is 0 Å². The van der Waals surface area contributed by atoms with Gasteiger partial charge in [0.25, 0.3) is 0 Å². The zero-order valence-electron chi connectivity index (χ0n) is 18.1. The van der Waals surface area contributed by atoms with Crippen LogP contribution in [0.4, 0.5) is 11.4 Å². The van der Waals surface area contributed by atoms with Crippen molar-refractivity contribution < 1.29 is 0 Å². The third kappa shape index (κ3) is 3.05. The molecule has 2 aliphatic rings. The molecule has 2 aromatic carbocycles. The Morgan fingerprint density at radius 1 is 0.607 bits per heavy atom. The predicted molar refractivity (Wildman–Crippen MR) is 123 cm³/mol. The summed E-state index contributed by atoms with van der Waals surface area (Å²) in [5.74, 6) is 0. The van der Waals surface area contributed by atoms with Gasteiger partial charge in [-0.2, -0.15) is 0 Å². The van der Waals surface area contributed by atoms with E-state index in [4.69, 9.17) is 0 Å². The summed E-state index contributed by atoms with van der Waals surface area (Å²) in [6, 6.07) is 17.6. The highest BCUT2D eigenvalue weighted by Gasteiger charge is 2.34. The molecule has 0 amide bonds. The van der Waals surface area contributed by atoms with Gasteiger partial charge < -0.3 is 9.80 Å². The molecule has 2 aliphatic heterocycles. The maximum Gasteiger partial charge on any atom is 0.0535 e. The molecule has 2 aromatic rings. The molecule has 0 radical (unpaired) electrons. The number of fused-ring (bicyclic) bond motifs is 2. The lowest BCUT2D eigenvalue weighted by Crippen LogP contribution is -2.52. The maximum absolute atomic E-state index is 2.57. The second-order valence-electron chi connectivity index (χ2n) is 9.30. The van der Waals surface area contributed by atoms with E-state index in [2.05, 4.69) is 112 Å². The summed E-state index contributed by atoms with van der Waals surface area (Å²) in [5, 5.41) is 0. The van der Waals surface area contributed by atoms with Crippen molar-refractivity contribution in [3.05, 3.63) is 71.8 Å². The first kappa shape index (κ1) is 18.9. The van der Waals surface area contributed by atoms with Gasteiger partial charge in [-0.25, -0.2) is 0 Å². The van der Waals surface area contributed by atoms with E-state index >= 15 is 0 Å². The van der Waals surface area contributed by atoms with Gasteiger partial charge in [-0.1, -0.05) is 48.6 Å². The summed E-state index contributed by atoms with van der Waals surface area (Å²) in [6.45, 7) is 15.7. The quantitative estimate of drug-likeness (QED) is 0.616. The van der Waals surface area contributed by atoms with E-state index in [1.54, 1.807) is 0 Å². The third-order valence-electron chi connectivity index (χ3n) is 6.32. The molecule has 0 aliphatic carbocycles. The fourth-order valence-electron chi connectivity index (χ4n) is 5.09. The molecule has 0 aromatic heterocycles. The Bertz CT molecular complexity index is 882. The number of nitrogens with zero attached hydrogens (tertiary/aromatic N) is 2. The second-order valence-corrected chi connectivity index (χ2v) is 9.30. The van der Waals surface area contributed by atoms with Crippen LogP contribution in [0.15, 0.2) is 60.7 Å². The molecule has 0 saturated carbocycles. The summed E-state index contributed by atoms with van der Waals surface area (Å²) < 4.78 is 0. The molecule has 0 unspecified atom stereocenters. The molecule has 4 rings (SSSR count). The van der Waals surface area contributed by atoms with Crippen LogP contribution >= 0.6 is 0 Å². The average Bonchev–Trinajstić information content (AvgIpc) is 2.63. The topological polar surface area (TPSA) is 6.48 Å². The molecule has 2 nitrogen and oxygen atoms in total. The predicted octanol–water partition coefficient (Wildman–Crippen LogP) is 6.39. The number of benzene rings is 2. The fraction of sp³-hybridized carbons (Fsp3) is 0.385. The first-order chi connectivity index (χ1) is 13.2. The molecule has 0 spiro atoms. The molecule has 2 heterocycles. The van der Waals surface area contributed by atoms with Crippen molar-refractivity contribution in [2.24, 2.45) is 0 Å². The van der Waals surface area contributed by atoms with Crippen LogP contribution in [0.1, 0.15) is 52.7 Å². The van der Waals surface area contributed by atoms with Crippen LogP contribution in [-0.2, 0) is 0 Å². The van der Waals surface area contributed by atoms with E-state index in [1.165, 1.54) is 33.6 Å². The summed E-state index contributed by atoms with van der Waals surface area (Å²) in [6.07, 6.45) is 4.82. The fourth-order valence-corrected chi connectivity index (χ4v) is 5.09. The first-order valence-corrected chi connectivity index (χ1v) is 10.3. The Morgan fingerprint density at radius 3 is 1.36 bits per heavy atom. The Morgan fingerprint density at radius 2 is 0.964 bits per heavy atom. The van der Waals surface area contributed by atoms with Gasteiger partial charge in [-0.3, -0.25) is 0 Å².